The molecule has 3 fully saturated rings. The monoisotopic (exact) mass is 436 g/mol. The van der Waals surface area contributed by atoms with E-state index in [9.17, 15) is 9.59 Å². The van der Waals surface area contributed by atoms with Crippen molar-refractivity contribution < 1.29 is 14.3 Å². The molecule has 0 saturated heterocycles. The second-order valence-electron chi connectivity index (χ2n) is 13.0. The van der Waals surface area contributed by atoms with Gasteiger partial charge in [0.15, 0.2) is 5.78 Å². The van der Waals surface area contributed by atoms with Crippen molar-refractivity contribution in [3.63, 3.8) is 0 Å². The van der Waals surface area contributed by atoms with Crippen LogP contribution in [0, 0.1) is 38.9 Å². The van der Waals surface area contributed by atoms with Gasteiger partial charge in [0.2, 0.25) is 0 Å². The third kappa shape index (κ3) is 2.66. The summed E-state index contributed by atoms with van der Waals surface area (Å²) in [6.07, 6.45) is 16.7. The van der Waals surface area contributed by atoms with Gasteiger partial charge < -0.3 is 4.74 Å². The number of ether oxygens (including phenoxy) is 1. The van der Waals surface area contributed by atoms with E-state index >= 15 is 0 Å². The van der Waals surface area contributed by atoms with E-state index in [4.69, 9.17) is 4.74 Å². The van der Waals surface area contributed by atoms with Gasteiger partial charge in [-0.15, -0.1) is 0 Å². The zero-order valence-electron chi connectivity index (χ0n) is 20.8. The summed E-state index contributed by atoms with van der Waals surface area (Å²) in [4.78, 5) is 25.4. The first-order chi connectivity index (χ1) is 14.9. The van der Waals surface area contributed by atoms with E-state index < -0.39 is 0 Å². The van der Waals surface area contributed by atoms with Crippen molar-refractivity contribution in [1.82, 2.24) is 0 Å². The lowest BCUT2D eigenvalue weighted by Crippen LogP contribution is -2.61. The summed E-state index contributed by atoms with van der Waals surface area (Å²) >= 11 is 0. The summed E-state index contributed by atoms with van der Waals surface area (Å²) in [5, 5.41) is 0. The molecule has 3 nitrogen and oxygen atoms in total. The average molecular weight is 437 g/mol. The predicted octanol–water partition coefficient (Wildman–Crippen LogP) is 6.59. The number of allylic oxidation sites excluding steroid dienone is 6. The smallest absolute Gasteiger partial charge is 0.312 e. The van der Waals surface area contributed by atoms with Gasteiger partial charge in [-0.25, -0.2) is 0 Å². The third-order valence-corrected chi connectivity index (χ3v) is 11.2. The molecular formula is C29H40O3. The maximum Gasteiger partial charge on any atom is 0.312 e. The summed E-state index contributed by atoms with van der Waals surface area (Å²) in [7, 11) is 1.57. The number of fused-ring (bicyclic) bond motifs is 7. The molecule has 0 aromatic rings. The minimum atomic E-state index is -0.348. The van der Waals surface area contributed by atoms with Crippen molar-refractivity contribution in [2.75, 3.05) is 7.11 Å². The van der Waals surface area contributed by atoms with Crippen LogP contribution < -0.4 is 0 Å². The van der Waals surface area contributed by atoms with Gasteiger partial charge >= 0.3 is 5.97 Å². The van der Waals surface area contributed by atoms with Crippen LogP contribution in [0.1, 0.15) is 86.0 Å². The second kappa shape index (κ2) is 6.70. The van der Waals surface area contributed by atoms with Crippen LogP contribution in [0.25, 0.3) is 0 Å². The molecule has 32 heavy (non-hydrogen) atoms. The van der Waals surface area contributed by atoms with Crippen LogP contribution in [0.5, 0.6) is 0 Å². The van der Waals surface area contributed by atoms with Crippen LogP contribution in [0.4, 0.5) is 0 Å². The lowest BCUT2D eigenvalue weighted by molar-refractivity contribution is -0.169. The molecule has 6 atom stereocenters. The lowest BCUT2D eigenvalue weighted by atomic mass is 9.36. The van der Waals surface area contributed by atoms with Crippen molar-refractivity contribution in [2.45, 2.75) is 86.0 Å². The maximum absolute atomic E-state index is 13.2. The minimum absolute atomic E-state index is 0.0165. The van der Waals surface area contributed by atoms with Gasteiger partial charge in [0.05, 0.1) is 12.5 Å². The molecule has 0 amide bonds. The van der Waals surface area contributed by atoms with E-state index in [0.29, 0.717) is 5.92 Å². The Morgan fingerprint density at radius 2 is 1.75 bits per heavy atom. The molecule has 0 unspecified atom stereocenters. The Bertz CT molecular complexity index is 967. The molecule has 0 N–H and O–H groups in total. The van der Waals surface area contributed by atoms with E-state index in [1.165, 1.54) is 5.57 Å². The molecule has 0 heterocycles. The fraction of sp³-hybridized carbons (Fsp3) is 0.724. The lowest BCUT2D eigenvalue weighted by Gasteiger charge is -2.67. The molecule has 0 spiro atoms. The Morgan fingerprint density at radius 1 is 1.03 bits per heavy atom. The molecule has 3 saturated carbocycles. The predicted molar refractivity (Wildman–Crippen MR) is 127 cm³/mol. The zero-order chi connectivity index (χ0) is 23.2. The Balaban J connectivity index is 1.62. The van der Waals surface area contributed by atoms with Gasteiger partial charge in [0, 0.05) is 5.41 Å². The summed E-state index contributed by atoms with van der Waals surface area (Å²) in [6.45, 7) is 12.1. The number of ketones is 1. The minimum Gasteiger partial charge on any atom is -0.469 e. The Kier molecular flexibility index (Phi) is 4.64. The zero-order valence-corrected chi connectivity index (χ0v) is 20.8. The largest absolute Gasteiger partial charge is 0.469 e. The van der Waals surface area contributed by atoms with E-state index in [0.717, 1.165) is 51.4 Å². The van der Waals surface area contributed by atoms with E-state index in [1.54, 1.807) is 18.8 Å². The first-order valence-corrected chi connectivity index (χ1v) is 12.7. The van der Waals surface area contributed by atoms with Gasteiger partial charge in [-0.05, 0) is 91.6 Å². The molecule has 0 radical (unpaired) electrons. The number of methoxy groups -OCH3 is 1. The fourth-order valence-corrected chi connectivity index (χ4v) is 8.89. The molecule has 0 aromatic heterocycles. The van der Waals surface area contributed by atoms with Gasteiger partial charge in [-0.1, -0.05) is 57.9 Å². The van der Waals surface area contributed by atoms with Crippen molar-refractivity contribution in [1.29, 1.82) is 0 Å². The standard InChI is InChI=1S/C29H40O3/c1-25(2)13-15-29(24(31)32-6)16-14-27(4)21(22(29)18-25)7-8-23-26(3)11-10-20(30)17-19(26)9-12-28(23,27)5/h7,10-11,17,22-23H,8-9,12-16,18H2,1-6H3/t22-,23+,26-,27+,28+,29-/m0/s1. The molecule has 5 rings (SSSR count). The SMILES string of the molecule is COC(=O)[C@]12CCC(C)(C)C[C@H]1C1=CC[C@@H]3[C@@]4(C)C=CC(=O)C=C4CC[C@@]3(C)[C@]1(C)CC2. The number of esters is 1. The van der Waals surface area contributed by atoms with E-state index in [-0.39, 0.29) is 44.7 Å². The van der Waals surface area contributed by atoms with Crippen LogP contribution in [-0.4, -0.2) is 18.9 Å². The number of carbonyl (C=O) groups is 2. The van der Waals surface area contributed by atoms with Gasteiger partial charge in [0.1, 0.15) is 0 Å². The summed E-state index contributed by atoms with van der Waals surface area (Å²) < 4.78 is 5.44. The highest BCUT2D eigenvalue weighted by molar-refractivity contribution is 6.01. The fourth-order valence-electron chi connectivity index (χ4n) is 8.89. The molecule has 3 heteroatoms. The van der Waals surface area contributed by atoms with Gasteiger partial charge in [0.25, 0.3) is 0 Å². The number of hydrogen-bond donors (Lipinski definition) is 0. The molecule has 174 valence electrons. The van der Waals surface area contributed by atoms with Crippen molar-refractivity contribution in [3.05, 3.63) is 35.5 Å². The topological polar surface area (TPSA) is 43.4 Å². The quantitative estimate of drug-likeness (QED) is 0.344. The normalized spacial score (nSPS) is 46.6. The number of carbonyl (C=O) groups excluding carboxylic acids is 2. The number of hydrogen-bond acceptors (Lipinski definition) is 3. The molecule has 5 aliphatic rings. The van der Waals surface area contributed by atoms with Crippen LogP contribution >= 0.6 is 0 Å². The molecular weight excluding hydrogens is 396 g/mol. The average Bonchev–Trinajstić information content (AvgIpc) is 2.74. The highest BCUT2D eigenvalue weighted by Crippen LogP contribution is 2.73. The van der Waals surface area contributed by atoms with Crippen molar-refractivity contribution >= 4 is 11.8 Å². The van der Waals surface area contributed by atoms with E-state index in [1.807, 2.05) is 6.08 Å². The van der Waals surface area contributed by atoms with Crippen LogP contribution in [0.15, 0.2) is 35.5 Å². The molecule has 5 aliphatic carbocycles. The van der Waals surface area contributed by atoms with Crippen molar-refractivity contribution in [3.8, 4) is 0 Å². The highest BCUT2D eigenvalue weighted by atomic mass is 16.5. The van der Waals surface area contributed by atoms with Crippen LogP contribution in [-0.2, 0) is 14.3 Å². The Hall–Kier alpha value is -1.64. The van der Waals surface area contributed by atoms with Gasteiger partial charge in [-0.2, -0.15) is 0 Å². The van der Waals surface area contributed by atoms with Crippen LogP contribution in [0.2, 0.25) is 0 Å². The summed E-state index contributed by atoms with van der Waals surface area (Å²) in [5.74, 6) is 0.922. The maximum atomic E-state index is 13.2. The van der Waals surface area contributed by atoms with Crippen LogP contribution in [0.3, 0.4) is 0 Å². The second-order valence-corrected chi connectivity index (χ2v) is 13.0. The first kappa shape index (κ1) is 22.2. The van der Waals surface area contributed by atoms with E-state index in [2.05, 4.69) is 46.8 Å². The summed E-state index contributed by atoms with van der Waals surface area (Å²) in [5.41, 5.74) is 2.96. The Labute approximate surface area is 193 Å². The molecule has 0 aromatic carbocycles. The molecule has 0 bridgehead atoms. The summed E-state index contributed by atoms with van der Waals surface area (Å²) in [6, 6.07) is 0. The first-order valence-electron chi connectivity index (χ1n) is 12.7. The number of rotatable bonds is 1. The highest BCUT2D eigenvalue weighted by Gasteiger charge is 2.66. The third-order valence-electron chi connectivity index (χ3n) is 11.2. The van der Waals surface area contributed by atoms with Crippen molar-refractivity contribution in [2.24, 2.45) is 38.9 Å². The Morgan fingerprint density at radius 3 is 2.47 bits per heavy atom. The van der Waals surface area contributed by atoms with Gasteiger partial charge in [-0.3, -0.25) is 9.59 Å². The molecule has 0 aliphatic heterocycles.